The Hall–Kier alpha value is -6.00. The van der Waals surface area contributed by atoms with Crippen LogP contribution in [-0.2, 0) is 0 Å². The molecular weight excluding hydrogens is 581 g/mol. The minimum absolute atomic E-state index is 0.877. The van der Waals surface area contributed by atoms with Gasteiger partial charge in [0.25, 0.3) is 0 Å². The Balaban J connectivity index is 1.34. The minimum Gasteiger partial charge on any atom is -0.353 e. The molecule has 226 valence electrons. The first-order valence-electron chi connectivity index (χ1n) is 16.8. The molecule has 3 heterocycles. The number of benzene rings is 7. The number of hydrogen-bond acceptors (Lipinski definition) is 1. The summed E-state index contributed by atoms with van der Waals surface area (Å²) in [5.41, 5.74) is 17.3. The van der Waals surface area contributed by atoms with E-state index in [0.717, 1.165) is 24.3 Å². The number of rotatable bonds is 4. The zero-order chi connectivity index (χ0) is 31.9. The van der Waals surface area contributed by atoms with Crippen LogP contribution >= 0.6 is 0 Å². The molecule has 0 atom stereocenters. The number of aryl methyl sites for hydroxylation is 2. The summed E-state index contributed by atoms with van der Waals surface area (Å²) in [6.45, 7) is 4.42. The Morgan fingerprint density at radius 1 is 0.521 bits per heavy atom. The third-order valence-electron chi connectivity index (χ3n) is 10.3. The van der Waals surface area contributed by atoms with Gasteiger partial charge in [-0.3, -0.25) is 0 Å². The van der Waals surface area contributed by atoms with E-state index in [-0.39, 0.29) is 0 Å². The van der Waals surface area contributed by atoms with E-state index in [0.29, 0.717) is 0 Å². The van der Waals surface area contributed by atoms with E-state index in [2.05, 4.69) is 174 Å². The second-order valence-corrected chi connectivity index (χ2v) is 13.2. The van der Waals surface area contributed by atoms with E-state index in [4.69, 9.17) is 0 Å². The van der Waals surface area contributed by atoms with Crippen LogP contribution in [-0.4, -0.2) is 16.4 Å². The molecule has 4 heteroatoms. The van der Waals surface area contributed by atoms with Gasteiger partial charge in [-0.1, -0.05) is 115 Å². The first-order chi connectivity index (χ1) is 23.7. The summed E-state index contributed by atoms with van der Waals surface area (Å²) in [4.78, 5) is 0. The molecule has 0 aliphatic carbocycles. The number of nitrogens with one attached hydrogen (secondary N) is 1. The van der Waals surface area contributed by atoms with Crippen molar-refractivity contribution in [2.75, 3.05) is 5.32 Å². The highest BCUT2D eigenvalue weighted by Gasteiger charge is 2.27. The normalized spacial score (nSPS) is 12.1. The lowest BCUT2D eigenvalue weighted by molar-refractivity contribution is 1.18. The largest absolute Gasteiger partial charge is 0.353 e. The van der Waals surface area contributed by atoms with Gasteiger partial charge in [0.15, 0.2) is 7.28 Å². The standard InChI is InChI=1S/C44H32BN3/c1-27-25-35(41-40(26-27)48-39-22-11-8-16-30(39)33-18-12-19-36(45-41)43(33)48)32-23-24-34-31-17-7-10-21-38(31)47(29-14-4-3-5-15-29)44(34)42(32)46-37-20-9-6-13-28(37)2/h3-26,45-46H,1-2H3. The van der Waals surface area contributed by atoms with Crippen molar-refractivity contribution in [2.45, 2.75) is 13.8 Å². The van der Waals surface area contributed by atoms with E-state index in [1.54, 1.807) is 0 Å². The van der Waals surface area contributed by atoms with E-state index in [9.17, 15) is 0 Å². The first-order valence-corrected chi connectivity index (χ1v) is 16.8. The molecule has 0 amide bonds. The fourth-order valence-electron chi connectivity index (χ4n) is 8.20. The summed E-state index contributed by atoms with van der Waals surface area (Å²) in [7, 11) is 0.877. The second-order valence-electron chi connectivity index (χ2n) is 13.2. The molecule has 0 radical (unpaired) electrons. The molecule has 7 aromatic carbocycles. The van der Waals surface area contributed by atoms with E-state index < -0.39 is 0 Å². The lowest BCUT2D eigenvalue weighted by Gasteiger charge is -2.25. The van der Waals surface area contributed by atoms with Crippen LogP contribution in [0.5, 0.6) is 0 Å². The van der Waals surface area contributed by atoms with Crippen LogP contribution in [0.1, 0.15) is 11.1 Å². The predicted molar refractivity (Wildman–Crippen MR) is 206 cm³/mol. The van der Waals surface area contributed by atoms with Gasteiger partial charge in [-0.2, -0.15) is 0 Å². The van der Waals surface area contributed by atoms with E-state index in [1.807, 2.05) is 0 Å². The highest BCUT2D eigenvalue weighted by Crippen LogP contribution is 2.44. The number of hydrogen-bond donors (Lipinski definition) is 1. The van der Waals surface area contributed by atoms with Gasteiger partial charge in [-0.05, 0) is 72.4 Å². The summed E-state index contributed by atoms with van der Waals surface area (Å²) in [5, 5.41) is 9.13. The summed E-state index contributed by atoms with van der Waals surface area (Å²) in [6.07, 6.45) is 0. The number of fused-ring (bicyclic) bond motifs is 8. The van der Waals surface area contributed by atoms with E-state index >= 15 is 0 Å². The van der Waals surface area contributed by atoms with E-state index in [1.165, 1.54) is 82.5 Å². The Bertz CT molecular complexity index is 2750. The van der Waals surface area contributed by atoms with Gasteiger partial charge in [0.05, 0.1) is 22.2 Å². The van der Waals surface area contributed by atoms with Gasteiger partial charge >= 0.3 is 0 Å². The first kappa shape index (κ1) is 27.1. The lowest BCUT2D eigenvalue weighted by atomic mass is 9.59. The molecule has 9 aromatic rings. The van der Waals surface area contributed by atoms with Crippen LogP contribution in [0.2, 0.25) is 0 Å². The van der Waals surface area contributed by atoms with Crippen molar-refractivity contribution in [3.8, 4) is 22.5 Å². The molecule has 0 bridgehead atoms. The average molecular weight is 614 g/mol. The summed E-state index contributed by atoms with van der Waals surface area (Å²) >= 11 is 0. The average Bonchev–Trinajstić information content (AvgIpc) is 3.65. The van der Waals surface area contributed by atoms with Crippen molar-refractivity contribution >= 4 is 73.2 Å². The molecule has 0 unspecified atom stereocenters. The maximum absolute atomic E-state index is 4.02. The third-order valence-corrected chi connectivity index (χ3v) is 10.3. The maximum Gasteiger partial charge on any atom is 0.198 e. The van der Waals surface area contributed by atoms with Gasteiger partial charge in [-0.15, -0.1) is 0 Å². The Morgan fingerprint density at radius 3 is 1.98 bits per heavy atom. The molecular formula is C44H32BN3. The zero-order valence-corrected chi connectivity index (χ0v) is 27.0. The van der Waals surface area contributed by atoms with Crippen molar-refractivity contribution in [1.82, 2.24) is 9.13 Å². The zero-order valence-electron chi connectivity index (χ0n) is 27.0. The topological polar surface area (TPSA) is 21.9 Å². The fourth-order valence-corrected chi connectivity index (χ4v) is 8.20. The van der Waals surface area contributed by atoms with Crippen molar-refractivity contribution < 1.29 is 0 Å². The van der Waals surface area contributed by atoms with Crippen LogP contribution < -0.4 is 16.2 Å². The Labute approximate surface area is 279 Å². The second kappa shape index (κ2) is 10.3. The molecule has 0 fully saturated rings. The monoisotopic (exact) mass is 613 g/mol. The third kappa shape index (κ3) is 3.83. The molecule has 1 aliphatic heterocycles. The van der Waals surface area contributed by atoms with Crippen molar-refractivity contribution in [2.24, 2.45) is 0 Å². The lowest BCUT2D eigenvalue weighted by Crippen LogP contribution is -2.37. The summed E-state index contributed by atoms with van der Waals surface area (Å²) in [6, 6.07) is 53.3. The van der Waals surface area contributed by atoms with Gasteiger partial charge in [0.1, 0.15) is 0 Å². The van der Waals surface area contributed by atoms with Crippen molar-refractivity contribution in [3.63, 3.8) is 0 Å². The molecule has 0 saturated heterocycles. The van der Waals surface area contributed by atoms with Crippen molar-refractivity contribution in [1.29, 1.82) is 0 Å². The number of para-hydroxylation sites is 5. The molecule has 3 nitrogen and oxygen atoms in total. The van der Waals surface area contributed by atoms with Crippen LogP contribution in [0.25, 0.3) is 66.1 Å². The maximum atomic E-state index is 4.02. The van der Waals surface area contributed by atoms with Crippen molar-refractivity contribution in [3.05, 3.63) is 157 Å². The molecule has 0 saturated carbocycles. The van der Waals surface area contributed by atoms with Gasteiger partial charge in [0, 0.05) is 49.7 Å². The number of nitrogens with zero attached hydrogens (tertiary/aromatic N) is 2. The van der Waals surface area contributed by atoms with Gasteiger partial charge in [0.2, 0.25) is 0 Å². The fraction of sp³-hybridized carbons (Fsp3) is 0.0455. The molecule has 10 rings (SSSR count). The molecule has 2 aromatic heterocycles. The smallest absolute Gasteiger partial charge is 0.198 e. The van der Waals surface area contributed by atoms with Gasteiger partial charge in [-0.25, -0.2) is 0 Å². The van der Waals surface area contributed by atoms with Gasteiger partial charge < -0.3 is 14.5 Å². The molecule has 1 aliphatic rings. The molecule has 48 heavy (non-hydrogen) atoms. The minimum atomic E-state index is 0.877. The summed E-state index contributed by atoms with van der Waals surface area (Å²) < 4.78 is 4.96. The molecule has 0 spiro atoms. The number of anilines is 2. The Morgan fingerprint density at radius 2 is 1.19 bits per heavy atom. The predicted octanol–water partition coefficient (Wildman–Crippen LogP) is 9.61. The SMILES string of the molecule is Cc1cc(-c2ccc3c4ccccc4n(-c4ccccc4)c3c2Nc2ccccc2C)c2c(c1)-n1c3ccccc3c3cccc(c31)B2. The Kier molecular flexibility index (Phi) is 5.80. The molecule has 1 N–H and O–H groups in total. The van der Waals surface area contributed by atoms with Crippen LogP contribution in [0.15, 0.2) is 146 Å². The van der Waals surface area contributed by atoms with Crippen LogP contribution in [0.3, 0.4) is 0 Å². The quantitative estimate of drug-likeness (QED) is 0.196. The summed E-state index contributed by atoms with van der Waals surface area (Å²) in [5.74, 6) is 0. The van der Waals surface area contributed by atoms with Crippen LogP contribution in [0.4, 0.5) is 11.4 Å². The number of aromatic nitrogens is 2. The van der Waals surface area contributed by atoms with Crippen LogP contribution in [0, 0.1) is 13.8 Å². The highest BCUT2D eigenvalue weighted by molar-refractivity contribution is 6.73. The highest BCUT2D eigenvalue weighted by atomic mass is 15.0.